The molecular weight excluding hydrogens is 312 g/mol. The first kappa shape index (κ1) is 18.3. The Balaban J connectivity index is 2.26. The summed E-state index contributed by atoms with van der Waals surface area (Å²) < 4.78 is 15.9. The topological polar surface area (TPSA) is 82.1 Å². The quantitative estimate of drug-likeness (QED) is 0.468. The number of benzene rings is 1. The molecule has 24 heavy (non-hydrogen) atoms. The van der Waals surface area contributed by atoms with Crippen molar-refractivity contribution in [2.45, 2.75) is 58.3 Å². The fourth-order valence-electron chi connectivity index (χ4n) is 2.66. The number of hydrogen-bond acceptors (Lipinski definition) is 6. The minimum Gasteiger partial charge on any atom is -0.478 e. The van der Waals surface area contributed by atoms with E-state index in [0.29, 0.717) is 30.6 Å². The van der Waals surface area contributed by atoms with E-state index in [1.165, 1.54) is 14.0 Å². The van der Waals surface area contributed by atoms with Crippen molar-refractivity contribution >= 4 is 11.8 Å². The molecule has 0 radical (unpaired) electrons. The first-order chi connectivity index (χ1) is 11.5. The van der Waals surface area contributed by atoms with Gasteiger partial charge in [-0.05, 0) is 37.8 Å². The molecule has 0 fully saturated rings. The van der Waals surface area contributed by atoms with Crippen molar-refractivity contribution < 1.29 is 28.9 Å². The van der Waals surface area contributed by atoms with Crippen LogP contribution in [-0.2, 0) is 16.0 Å². The molecule has 6 heteroatoms. The zero-order valence-electron chi connectivity index (χ0n) is 14.3. The molecule has 1 aromatic carbocycles. The molecule has 0 amide bonds. The van der Waals surface area contributed by atoms with Gasteiger partial charge in [-0.1, -0.05) is 13.3 Å². The van der Waals surface area contributed by atoms with Gasteiger partial charge in [-0.3, -0.25) is 4.79 Å². The maximum Gasteiger partial charge on any atom is 0.347 e. The molecule has 0 aromatic heterocycles. The number of aliphatic hydroxyl groups excluding tert-OH is 1. The van der Waals surface area contributed by atoms with Crippen LogP contribution in [-0.4, -0.2) is 36.4 Å². The molecule has 0 spiro atoms. The average molecular weight is 336 g/mol. The van der Waals surface area contributed by atoms with Crippen molar-refractivity contribution in [3.63, 3.8) is 0 Å². The summed E-state index contributed by atoms with van der Waals surface area (Å²) in [4.78, 5) is 23.6. The largest absolute Gasteiger partial charge is 0.478 e. The summed E-state index contributed by atoms with van der Waals surface area (Å²) >= 11 is 0. The number of carbonyl (C=O) groups is 2. The lowest BCUT2D eigenvalue weighted by Crippen LogP contribution is -2.32. The number of Topliss-reactive ketones (excluding diaryl/α,β-unsaturated/α-hetero) is 1. The Morgan fingerprint density at radius 3 is 2.79 bits per heavy atom. The van der Waals surface area contributed by atoms with Gasteiger partial charge >= 0.3 is 5.97 Å². The van der Waals surface area contributed by atoms with Gasteiger partial charge in [-0.15, -0.1) is 0 Å². The first-order valence-corrected chi connectivity index (χ1v) is 8.23. The number of methoxy groups -OCH3 is 1. The Bertz CT molecular complexity index is 610. The molecule has 2 unspecified atom stereocenters. The van der Waals surface area contributed by atoms with Crippen molar-refractivity contribution in [1.82, 2.24) is 0 Å². The molecule has 2 atom stereocenters. The summed E-state index contributed by atoms with van der Waals surface area (Å²) in [7, 11) is 1.32. The van der Waals surface area contributed by atoms with Crippen molar-refractivity contribution in [1.29, 1.82) is 0 Å². The van der Waals surface area contributed by atoms with Crippen molar-refractivity contribution in [3.05, 3.63) is 23.3 Å². The van der Waals surface area contributed by atoms with Gasteiger partial charge in [0, 0.05) is 12.5 Å². The molecule has 0 bridgehead atoms. The zero-order chi connectivity index (χ0) is 17.7. The normalized spacial score (nSPS) is 17.4. The van der Waals surface area contributed by atoms with Crippen LogP contribution in [0.3, 0.4) is 0 Å². The highest BCUT2D eigenvalue weighted by Gasteiger charge is 2.28. The van der Waals surface area contributed by atoms with Gasteiger partial charge in [0.25, 0.3) is 0 Å². The molecular formula is C18H24O6. The molecule has 1 N–H and O–H groups in total. The Morgan fingerprint density at radius 1 is 1.42 bits per heavy atom. The SMILES string of the molecule is CCCCC(O)Oc1cc2c(cc1C(C)=O)CCC(C(=O)OC)O2. The van der Waals surface area contributed by atoms with E-state index in [4.69, 9.17) is 14.2 Å². The number of aliphatic hydroxyl groups is 1. The average Bonchev–Trinajstić information content (AvgIpc) is 2.57. The Kier molecular flexibility index (Phi) is 6.20. The molecule has 0 aliphatic carbocycles. The number of unbranched alkanes of at least 4 members (excludes halogenated alkanes) is 1. The van der Waals surface area contributed by atoms with Gasteiger partial charge in [0.2, 0.25) is 0 Å². The third kappa shape index (κ3) is 4.26. The van der Waals surface area contributed by atoms with Crippen LogP contribution in [0.5, 0.6) is 11.5 Å². The summed E-state index contributed by atoms with van der Waals surface area (Å²) in [5.41, 5.74) is 1.25. The molecule has 1 aliphatic rings. The number of carbonyl (C=O) groups excluding carboxylic acids is 2. The number of hydrogen-bond donors (Lipinski definition) is 1. The van der Waals surface area contributed by atoms with Gasteiger partial charge < -0.3 is 19.3 Å². The van der Waals surface area contributed by atoms with E-state index in [-0.39, 0.29) is 11.5 Å². The van der Waals surface area contributed by atoms with Crippen LogP contribution < -0.4 is 9.47 Å². The lowest BCUT2D eigenvalue weighted by molar-refractivity contribution is -0.149. The minimum absolute atomic E-state index is 0.148. The van der Waals surface area contributed by atoms with E-state index in [1.807, 2.05) is 6.92 Å². The third-order valence-electron chi connectivity index (χ3n) is 4.02. The second kappa shape index (κ2) is 8.15. The molecule has 132 valence electrons. The van der Waals surface area contributed by atoms with Crippen LogP contribution in [0.1, 0.15) is 55.5 Å². The van der Waals surface area contributed by atoms with E-state index in [2.05, 4.69) is 0 Å². The smallest absolute Gasteiger partial charge is 0.347 e. The van der Waals surface area contributed by atoms with Crippen LogP contribution in [0.25, 0.3) is 0 Å². The molecule has 1 aromatic rings. The molecule has 0 saturated heterocycles. The molecule has 6 nitrogen and oxygen atoms in total. The van der Waals surface area contributed by atoms with Crippen LogP contribution in [0.15, 0.2) is 12.1 Å². The van der Waals surface area contributed by atoms with Gasteiger partial charge in [0.1, 0.15) is 11.5 Å². The number of rotatable bonds is 7. The fraction of sp³-hybridized carbons (Fsp3) is 0.556. The zero-order valence-corrected chi connectivity index (χ0v) is 14.3. The molecule has 2 rings (SSSR count). The summed E-state index contributed by atoms with van der Waals surface area (Å²) in [5.74, 6) is 0.182. The van der Waals surface area contributed by atoms with Gasteiger partial charge in [0.05, 0.1) is 12.7 Å². The lowest BCUT2D eigenvalue weighted by atomic mass is 9.98. The summed E-state index contributed by atoms with van der Waals surface area (Å²) in [6.45, 7) is 3.47. The van der Waals surface area contributed by atoms with Gasteiger partial charge in [-0.25, -0.2) is 4.79 Å². The van der Waals surface area contributed by atoms with Crippen LogP contribution in [0, 0.1) is 0 Å². The lowest BCUT2D eigenvalue weighted by Gasteiger charge is -2.26. The van der Waals surface area contributed by atoms with Crippen molar-refractivity contribution in [2.75, 3.05) is 7.11 Å². The number of aryl methyl sites for hydroxylation is 1. The monoisotopic (exact) mass is 336 g/mol. The number of ether oxygens (including phenoxy) is 3. The van der Waals surface area contributed by atoms with Crippen molar-refractivity contribution in [2.24, 2.45) is 0 Å². The highest BCUT2D eigenvalue weighted by atomic mass is 16.6. The van der Waals surface area contributed by atoms with Gasteiger partial charge in [0.15, 0.2) is 18.2 Å². The highest BCUT2D eigenvalue weighted by molar-refractivity contribution is 5.97. The summed E-state index contributed by atoms with van der Waals surface area (Å²) in [6, 6.07) is 3.30. The Labute approximate surface area is 141 Å². The van der Waals surface area contributed by atoms with E-state index in [1.54, 1.807) is 12.1 Å². The van der Waals surface area contributed by atoms with E-state index < -0.39 is 18.4 Å². The fourth-order valence-corrected chi connectivity index (χ4v) is 2.66. The predicted molar refractivity (Wildman–Crippen MR) is 87.4 cm³/mol. The number of esters is 1. The first-order valence-electron chi connectivity index (χ1n) is 8.23. The second-order valence-corrected chi connectivity index (χ2v) is 5.90. The molecule has 1 aliphatic heterocycles. The van der Waals surface area contributed by atoms with E-state index in [0.717, 1.165) is 18.4 Å². The molecule has 0 saturated carbocycles. The summed E-state index contributed by atoms with van der Waals surface area (Å²) in [6.07, 6.45) is 1.70. The van der Waals surface area contributed by atoms with Gasteiger partial charge in [-0.2, -0.15) is 0 Å². The van der Waals surface area contributed by atoms with Crippen molar-refractivity contribution in [3.8, 4) is 11.5 Å². The third-order valence-corrected chi connectivity index (χ3v) is 4.02. The Hall–Kier alpha value is -2.08. The summed E-state index contributed by atoms with van der Waals surface area (Å²) in [5, 5.41) is 9.97. The highest BCUT2D eigenvalue weighted by Crippen LogP contribution is 2.35. The maximum absolute atomic E-state index is 11.9. The number of fused-ring (bicyclic) bond motifs is 1. The standard InChI is InChI=1S/C18H24O6/c1-4-5-6-17(20)24-16-10-15-12(9-13(16)11(2)19)7-8-14(23-15)18(21)22-3/h9-10,14,17,20H,4-8H2,1-3H3. The predicted octanol–water partition coefficient (Wildman–Crippen LogP) is 2.64. The minimum atomic E-state index is -0.985. The number of ketones is 1. The second-order valence-electron chi connectivity index (χ2n) is 5.90. The van der Waals surface area contributed by atoms with E-state index >= 15 is 0 Å². The maximum atomic E-state index is 11.9. The molecule has 1 heterocycles. The van der Waals surface area contributed by atoms with Crippen LogP contribution in [0.2, 0.25) is 0 Å². The van der Waals surface area contributed by atoms with E-state index in [9.17, 15) is 14.7 Å². The van der Waals surface area contributed by atoms with Crippen LogP contribution >= 0.6 is 0 Å². The van der Waals surface area contributed by atoms with Crippen LogP contribution in [0.4, 0.5) is 0 Å². The Morgan fingerprint density at radius 2 is 2.17 bits per heavy atom.